The Kier molecular flexibility index (Phi) is 3.48. The maximum atomic E-state index is 13.1. The van der Waals surface area contributed by atoms with Crippen LogP contribution in [0.4, 0.5) is 10.1 Å². The number of aryl methyl sites for hydroxylation is 1. The molecule has 2 rings (SSSR count). The lowest BCUT2D eigenvalue weighted by Crippen LogP contribution is -2.03. The summed E-state index contributed by atoms with van der Waals surface area (Å²) in [7, 11) is 0. The van der Waals surface area contributed by atoms with Gasteiger partial charge in [0.2, 0.25) is 0 Å². The third-order valence-corrected chi connectivity index (χ3v) is 3.32. The molecule has 0 atom stereocenters. The van der Waals surface area contributed by atoms with Crippen LogP contribution in [0.1, 0.15) is 21.5 Å². The molecule has 0 aliphatic carbocycles. The molecule has 0 amide bonds. The maximum absolute atomic E-state index is 13.1. The zero-order valence-electron chi connectivity index (χ0n) is 9.71. The highest BCUT2D eigenvalue weighted by atomic mass is 79.9. The molecule has 2 nitrogen and oxygen atoms in total. The fourth-order valence-electron chi connectivity index (χ4n) is 1.62. The fourth-order valence-corrected chi connectivity index (χ4v) is 2.00. The first-order chi connectivity index (χ1) is 8.49. The van der Waals surface area contributed by atoms with Gasteiger partial charge >= 0.3 is 0 Å². The first-order valence-corrected chi connectivity index (χ1v) is 6.14. The van der Waals surface area contributed by atoms with Gasteiger partial charge in [0, 0.05) is 16.8 Å². The lowest BCUT2D eigenvalue weighted by molar-refractivity contribution is 0.103. The van der Waals surface area contributed by atoms with Crippen molar-refractivity contribution in [3.05, 3.63) is 63.4 Å². The van der Waals surface area contributed by atoms with E-state index in [2.05, 4.69) is 15.9 Å². The summed E-state index contributed by atoms with van der Waals surface area (Å²) in [5, 5.41) is 0. The van der Waals surface area contributed by atoms with Crippen LogP contribution in [0.3, 0.4) is 0 Å². The van der Waals surface area contributed by atoms with Crippen LogP contribution >= 0.6 is 15.9 Å². The molecule has 0 bridgehead atoms. The van der Waals surface area contributed by atoms with E-state index in [0.29, 0.717) is 16.8 Å². The zero-order valence-corrected chi connectivity index (χ0v) is 11.3. The van der Waals surface area contributed by atoms with E-state index < -0.39 is 0 Å². The Morgan fingerprint density at radius 3 is 2.39 bits per heavy atom. The molecule has 0 unspecified atom stereocenters. The topological polar surface area (TPSA) is 43.1 Å². The van der Waals surface area contributed by atoms with Crippen molar-refractivity contribution in [1.29, 1.82) is 0 Å². The number of benzene rings is 2. The van der Waals surface area contributed by atoms with Gasteiger partial charge in [-0.25, -0.2) is 4.39 Å². The van der Waals surface area contributed by atoms with Gasteiger partial charge < -0.3 is 5.73 Å². The number of halogens is 2. The van der Waals surface area contributed by atoms with Gasteiger partial charge in [0.15, 0.2) is 5.78 Å². The second-order valence-corrected chi connectivity index (χ2v) is 4.88. The SMILES string of the molecule is Cc1cc(C(=O)c2ccc(F)c(Br)c2)ccc1N. The maximum Gasteiger partial charge on any atom is 0.193 e. The van der Waals surface area contributed by atoms with Crippen LogP contribution in [-0.4, -0.2) is 5.78 Å². The Morgan fingerprint density at radius 2 is 1.78 bits per heavy atom. The molecule has 0 spiro atoms. The van der Waals surface area contributed by atoms with Crippen molar-refractivity contribution < 1.29 is 9.18 Å². The lowest BCUT2D eigenvalue weighted by Gasteiger charge is -2.05. The Hall–Kier alpha value is -1.68. The van der Waals surface area contributed by atoms with Crippen molar-refractivity contribution in [2.24, 2.45) is 0 Å². The van der Waals surface area contributed by atoms with Crippen LogP contribution < -0.4 is 5.73 Å². The van der Waals surface area contributed by atoms with Crippen molar-refractivity contribution in [3.8, 4) is 0 Å². The summed E-state index contributed by atoms with van der Waals surface area (Å²) in [6.45, 7) is 1.84. The highest BCUT2D eigenvalue weighted by molar-refractivity contribution is 9.10. The number of carbonyl (C=O) groups is 1. The van der Waals surface area contributed by atoms with Crippen LogP contribution in [0.5, 0.6) is 0 Å². The van der Waals surface area contributed by atoms with E-state index >= 15 is 0 Å². The van der Waals surface area contributed by atoms with Gasteiger partial charge in [0.25, 0.3) is 0 Å². The summed E-state index contributed by atoms with van der Waals surface area (Å²) in [6, 6.07) is 9.30. The second kappa shape index (κ2) is 4.90. The van der Waals surface area contributed by atoms with E-state index in [1.54, 1.807) is 18.2 Å². The molecule has 0 saturated heterocycles. The molecule has 2 N–H and O–H groups in total. The number of rotatable bonds is 2. The van der Waals surface area contributed by atoms with Crippen LogP contribution in [0.25, 0.3) is 0 Å². The first-order valence-electron chi connectivity index (χ1n) is 5.35. The first kappa shape index (κ1) is 12.8. The van der Waals surface area contributed by atoms with Crippen molar-refractivity contribution in [1.82, 2.24) is 0 Å². The number of anilines is 1. The van der Waals surface area contributed by atoms with E-state index in [-0.39, 0.29) is 16.1 Å². The summed E-state index contributed by atoms with van der Waals surface area (Å²) < 4.78 is 13.4. The average molecular weight is 308 g/mol. The van der Waals surface area contributed by atoms with E-state index in [1.165, 1.54) is 18.2 Å². The van der Waals surface area contributed by atoms with Gasteiger partial charge in [-0.05, 0) is 64.8 Å². The second-order valence-electron chi connectivity index (χ2n) is 4.03. The highest BCUT2D eigenvalue weighted by Gasteiger charge is 2.11. The van der Waals surface area contributed by atoms with Gasteiger partial charge in [-0.2, -0.15) is 0 Å². The van der Waals surface area contributed by atoms with Gasteiger partial charge in [-0.1, -0.05) is 0 Å². The molecule has 0 radical (unpaired) electrons. The van der Waals surface area contributed by atoms with Crippen molar-refractivity contribution in [2.45, 2.75) is 6.92 Å². The van der Waals surface area contributed by atoms with E-state index in [4.69, 9.17) is 5.73 Å². The van der Waals surface area contributed by atoms with E-state index in [9.17, 15) is 9.18 Å². The highest BCUT2D eigenvalue weighted by Crippen LogP contribution is 2.20. The Balaban J connectivity index is 2.41. The van der Waals surface area contributed by atoms with Crippen molar-refractivity contribution in [2.75, 3.05) is 5.73 Å². The van der Waals surface area contributed by atoms with Gasteiger partial charge in [-0.3, -0.25) is 4.79 Å². The van der Waals surface area contributed by atoms with Crippen LogP contribution in [0.15, 0.2) is 40.9 Å². The molecule has 2 aromatic carbocycles. The summed E-state index contributed by atoms with van der Waals surface area (Å²) in [5.74, 6) is -0.543. The van der Waals surface area contributed by atoms with Crippen LogP contribution in [0, 0.1) is 12.7 Å². The number of nitrogen functional groups attached to an aromatic ring is 1. The molecule has 92 valence electrons. The molecular weight excluding hydrogens is 297 g/mol. The number of nitrogens with two attached hydrogens (primary N) is 1. The normalized spacial score (nSPS) is 10.4. The van der Waals surface area contributed by atoms with Gasteiger partial charge in [0.05, 0.1) is 4.47 Å². The van der Waals surface area contributed by atoms with Crippen LogP contribution in [-0.2, 0) is 0 Å². The summed E-state index contributed by atoms with van der Waals surface area (Å²) >= 11 is 3.07. The summed E-state index contributed by atoms with van der Waals surface area (Å²) in [6.07, 6.45) is 0. The number of carbonyl (C=O) groups excluding carboxylic acids is 1. The standard InChI is InChI=1S/C14H11BrFNO/c1-8-6-9(3-5-13(8)17)14(18)10-2-4-12(16)11(15)7-10/h2-7H,17H2,1H3. The molecule has 0 aliphatic rings. The molecule has 2 aromatic rings. The van der Waals surface area contributed by atoms with Crippen LogP contribution in [0.2, 0.25) is 0 Å². The Bertz CT molecular complexity index is 572. The number of ketones is 1. The quantitative estimate of drug-likeness (QED) is 0.679. The molecule has 0 heterocycles. The minimum Gasteiger partial charge on any atom is -0.399 e. The fraction of sp³-hybridized carbons (Fsp3) is 0.0714. The number of hydrogen-bond donors (Lipinski definition) is 1. The third-order valence-electron chi connectivity index (χ3n) is 2.71. The van der Waals surface area contributed by atoms with Crippen molar-refractivity contribution in [3.63, 3.8) is 0 Å². The minimum absolute atomic E-state index is 0.154. The summed E-state index contributed by atoms with van der Waals surface area (Å²) in [4.78, 5) is 12.2. The number of hydrogen-bond acceptors (Lipinski definition) is 2. The summed E-state index contributed by atoms with van der Waals surface area (Å²) in [5.41, 5.74) is 8.18. The molecule has 0 aliphatic heterocycles. The Labute approximate surface area is 113 Å². The predicted molar refractivity (Wildman–Crippen MR) is 73.1 cm³/mol. The smallest absolute Gasteiger partial charge is 0.193 e. The van der Waals surface area contributed by atoms with Crippen molar-refractivity contribution >= 4 is 27.4 Å². The molecular formula is C14H11BrFNO. The molecule has 0 saturated carbocycles. The van der Waals surface area contributed by atoms with Gasteiger partial charge in [0.1, 0.15) is 5.82 Å². The minimum atomic E-state index is -0.389. The monoisotopic (exact) mass is 307 g/mol. The predicted octanol–water partition coefficient (Wildman–Crippen LogP) is 3.71. The molecule has 18 heavy (non-hydrogen) atoms. The lowest BCUT2D eigenvalue weighted by atomic mass is 10.0. The average Bonchev–Trinajstić information content (AvgIpc) is 2.35. The zero-order chi connectivity index (χ0) is 13.3. The molecule has 0 fully saturated rings. The largest absolute Gasteiger partial charge is 0.399 e. The van der Waals surface area contributed by atoms with E-state index in [1.807, 2.05) is 6.92 Å². The molecule has 0 aromatic heterocycles. The molecule has 4 heteroatoms. The third kappa shape index (κ3) is 2.43. The van der Waals surface area contributed by atoms with E-state index in [0.717, 1.165) is 5.56 Å². The Morgan fingerprint density at radius 1 is 1.17 bits per heavy atom. The van der Waals surface area contributed by atoms with Gasteiger partial charge in [-0.15, -0.1) is 0 Å².